The molecule has 0 unspecified atom stereocenters. The molecule has 3 rings (SSSR count). The van der Waals surface area contributed by atoms with Crippen molar-refractivity contribution >= 4 is 23.3 Å². The minimum atomic E-state index is -0.0261. The smallest absolute Gasteiger partial charge is 0.148 e. The molecular weight excluding hydrogens is 284 g/mol. The van der Waals surface area contributed by atoms with Gasteiger partial charge in [-0.3, -0.25) is 5.41 Å². The number of hydrogen-bond donors (Lipinski definition) is 2. The number of hydrogen-bond acceptors (Lipinski definition) is 3. The first-order valence-corrected chi connectivity index (χ1v) is 7.35. The second-order valence-electron chi connectivity index (χ2n) is 5.17. The second-order valence-corrected chi connectivity index (χ2v) is 5.54. The highest BCUT2D eigenvalue weighted by molar-refractivity contribution is 6.36. The molecule has 2 heterocycles. The monoisotopic (exact) mass is 300 g/mol. The van der Waals surface area contributed by atoms with Crippen LogP contribution in [0.3, 0.4) is 0 Å². The molecule has 0 aliphatic carbocycles. The van der Waals surface area contributed by atoms with Crippen LogP contribution in [0, 0.1) is 5.41 Å². The summed E-state index contributed by atoms with van der Waals surface area (Å²) in [4.78, 5) is 6.57. The summed E-state index contributed by atoms with van der Waals surface area (Å²) in [5.41, 5.74) is 8.89. The molecule has 3 N–H and O–H groups in total. The standard InChI is InChI=1S/C16H17ClN4/c17-14-13(15(18)19)5-8-20-16(14)21-9-6-11-3-1-2-4-12(11)7-10-21/h1-5,8H,6-7,9-10H2,(H3,18,19). The first-order valence-electron chi connectivity index (χ1n) is 6.97. The zero-order valence-corrected chi connectivity index (χ0v) is 12.4. The highest BCUT2D eigenvalue weighted by Crippen LogP contribution is 2.28. The van der Waals surface area contributed by atoms with Gasteiger partial charge in [-0.1, -0.05) is 35.9 Å². The summed E-state index contributed by atoms with van der Waals surface area (Å²) in [6.07, 6.45) is 3.60. The number of fused-ring (bicyclic) bond motifs is 1. The molecule has 1 aliphatic heterocycles. The molecule has 1 aromatic heterocycles. The van der Waals surface area contributed by atoms with Gasteiger partial charge in [-0.2, -0.15) is 0 Å². The van der Waals surface area contributed by atoms with Gasteiger partial charge >= 0.3 is 0 Å². The Labute approximate surface area is 129 Å². The molecule has 21 heavy (non-hydrogen) atoms. The fourth-order valence-corrected chi connectivity index (χ4v) is 3.07. The minimum absolute atomic E-state index is 0.0261. The average Bonchev–Trinajstić information content (AvgIpc) is 2.70. The number of benzene rings is 1. The maximum atomic E-state index is 7.58. The molecule has 5 heteroatoms. The van der Waals surface area contributed by atoms with Crippen molar-refractivity contribution in [3.05, 3.63) is 58.2 Å². The quantitative estimate of drug-likeness (QED) is 0.662. The van der Waals surface area contributed by atoms with Gasteiger partial charge in [0.2, 0.25) is 0 Å². The van der Waals surface area contributed by atoms with E-state index in [-0.39, 0.29) is 5.84 Å². The predicted octanol–water partition coefficient (Wildman–Crippen LogP) is 2.62. The Kier molecular flexibility index (Phi) is 3.80. The van der Waals surface area contributed by atoms with Crippen molar-refractivity contribution in [1.82, 2.24) is 4.98 Å². The molecule has 0 saturated heterocycles. The molecule has 108 valence electrons. The molecule has 1 aliphatic rings. The molecule has 0 bridgehead atoms. The third-order valence-corrected chi connectivity index (χ3v) is 4.25. The number of nitrogens with one attached hydrogen (secondary N) is 1. The summed E-state index contributed by atoms with van der Waals surface area (Å²) in [6, 6.07) is 10.2. The third kappa shape index (κ3) is 2.72. The molecule has 0 radical (unpaired) electrons. The lowest BCUT2D eigenvalue weighted by Gasteiger charge is -2.23. The number of anilines is 1. The number of nitrogen functional groups attached to an aromatic ring is 1. The van der Waals surface area contributed by atoms with Crippen molar-refractivity contribution in [2.75, 3.05) is 18.0 Å². The Morgan fingerprint density at radius 3 is 2.33 bits per heavy atom. The van der Waals surface area contributed by atoms with Crippen LogP contribution in [0.5, 0.6) is 0 Å². The predicted molar refractivity (Wildman–Crippen MR) is 86.3 cm³/mol. The Hall–Kier alpha value is -2.07. The van der Waals surface area contributed by atoms with E-state index in [0.29, 0.717) is 10.6 Å². The maximum Gasteiger partial charge on any atom is 0.148 e. The van der Waals surface area contributed by atoms with Crippen LogP contribution in [0.4, 0.5) is 5.82 Å². The lowest BCUT2D eigenvalue weighted by Crippen LogP contribution is -2.28. The Morgan fingerprint density at radius 2 is 1.76 bits per heavy atom. The van der Waals surface area contributed by atoms with Crippen LogP contribution >= 0.6 is 11.6 Å². The van der Waals surface area contributed by atoms with E-state index >= 15 is 0 Å². The lowest BCUT2D eigenvalue weighted by atomic mass is 10.0. The Bertz CT molecular complexity index is 657. The summed E-state index contributed by atoms with van der Waals surface area (Å²) >= 11 is 6.38. The lowest BCUT2D eigenvalue weighted by molar-refractivity contribution is 0.791. The second kappa shape index (κ2) is 5.74. The average molecular weight is 301 g/mol. The number of nitrogens with zero attached hydrogens (tertiary/aromatic N) is 2. The molecule has 0 spiro atoms. The van der Waals surface area contributed by atoms with E-state index in [1.54, 1.807) is 12.3 Å². The zero-order chi connectivity index (χ0) is 14.8. The molecule has 2 aromatic rings. The highest BCUT2D eigenvalue weighted by atomic mass is 35.5. The van der Waals surface area contributed by atoms with Crippen molar-refractivity contribution in [3.63, 3.8) is 0 Å². The first kappa shape index (κ1) is 13.9. The van der Waals surface area contributed by atoms with E-state index in [0.717, 1.165) is 31.7 Å². The SMILES string of the molecule is N=C(N)c1ccnc(N2CCc3ccccc3CC2)c1Cl. The van der Waals surface area contributed by atoms with Crippen LogP contribution in [0.15, 0.2) is 36.5 Å². The van der Waals surface area contributed by atoms with Crippen LogP contribution < -0.4 is 10.6 Å². The fourth-order valence-electron chi connectivity index (χ4n) is 2.74. The number of amidine groups is 1. The number of nitrogens with two attached hydrogens (primary N) is 1. The van der Waals surface area contributed by atoms with Gasteiger partial charge in [0.1, 0.15) is 11.7 Å². The molecule has 0 fully saturated rings. The van der Waals surface area contributed by atoms with E-state index in [9.17, 15) is 0 Å². The highest BCUT2D eigenvalue weighted by Gasteiger charge is 2.19. The molecule has 1 aromatic carbocycles. The maximum absolute atomic E-state index is 7.58. The minimum Gasteiger partial charge on any atom is -0.384 e. The normalized spacial score (nSPS) is 14.4. The summed E-state index contributed by atoms with van der Waals surface area (Å²) in [5, 5.41) is 8.05. The number of halogens is 1. The van der Waals surface area contributed by atoms with Crippen LogP contribution in [0.2, 0.25) is 5.02 Å². The van der Waals surface area contributed by atoms with E-state index < -0.39 is 0 Å². The van der Waals surface area contributed by atoms with Gasteiger partial charge in [0.25, 0.3) is 0 Å². The van der Waals surface area contributed by atoms with Crippen molar-refractivity contribution in [3.8, 4) is 0 Å². The molecule has 4 nitrogen and oxygen atoms in total. The topological polar surface area (TPSA) is 66.0 Å². The zero-order valence-electron chi connectivity index (χ0n) is 11.6. The van der Waals surface area contributed by atoms with Gasteiger partial charge in [-0.15, -0.1) is 0 Å². The van der Waals surface area contributed by atoms with Crippen molar-refractivity contribution in [2.24, 2.45) is 5.73 Å². The van der Waals surface area contributed by atoms with E-state index in [1.807, 2.05) is 0 Å². The Balaban J connectivity index is 1.90. The molecule has 0 amide bonds. The first-order chi connectivity index (χ1) is 10.2. The molecule has 0 atom stereocenters. The van der Waals surface area contributed by atoms with Crippen LogP contribution in [-0.4, -0.2) is 23.9 Å². The summed E-state index contributed by atoms with van der Waals surface area (Å²) in [7, 11) is 0. The van der Waals surface area contributed by atoms with Crippen LogP contribution in [0.25, 0.3) is 0 Å². The molecular formula is C16H17ClN4. The summed E-state index contributed by atoms with van der Waals surface area (Å²) in [6.45, 7) is 1.73. The third-order valence-electron chi connectivity index (χ3n) is 3.88. The molecule has 0 saturated carbocycles. The number of rotatable bonds is 2. The van der Waals surface area contributed by atoms with Crippen molar-refractivity contribution in [2.45, 2.75) is 12.8 Å². The van der Waals surface area contributed by atoms with Crippen LogP contribution in [-0.2, 0) is 12.8 Å². The largest absolute Gasteiger partial charge is 0.384 e. The fraction of sp³-hybridized carbons (Fsp3) is 0.250. The van der Waals surface area contributed by atoms with Gasteiger partial charge in [0, 0.05) is 24.8 Å². The van der Waals surface area contributed by atoms with Crippen molar-refractivity contribution < 1.29 is 0 Å². The van der Waals surface area contributed by atoms with E-state index in [4.69, 9.17) is 22.7 Å². The summed E-state index contributed by atoms with van der Waals surface area (Å²) in [5.74, 6) is 0.693. The number of pyridine rings is 1. The Morgan fingerprint density at radius 1 is 1.14 bits per heavy atom. The van der Waals surface area contributed by atoms with Gasteiger partial charge < -0.3 is 10.6 Å². The number of aromatic nitrogens is 1. The summed E-state index contributed by atoms with van der Waals surface area (Å²) < 4.78 is 0. The van der Waals surface area contributed by atoms with Gasteiger partial charge in [0.05, 0.1) is 5.02 Å². The van der Waals surface area contributed by atoms with E-state index in [1.165, 1.54) is 11.1 Å². The van der Waals surface area contributed by atoms with Gasteiger partial charge in [-0.05, 0) is 30.0 Å². The van der Waals surface area contributed by atoms with Crippen molar-refractivity contribution in [1.29, 1.82) is 5.41 Å². The van der Waals surface area contributed by atoms with E-state index in [2.05, 4.69) is 34.1 Å². The van der Waals surface area contributed by atoms with Gasteiger partial charge in [-0.25, -0.2) is 4.98 Å². The van der Waals surface area contributed by atoms with Crippen LogP contribution in [0.1, 0.15) is 16.7 Å². The van der Waals surface area contributed by atoms with Gasteiger partial charge in [0.15, 0.2) is 0 Å².